The van der Waals surface area contributed by atoms with Crippen LogP contribution < -0.4 is 15.4 Å². The molecule has 108 valence electrons. The van der Waals surface area contributed by atoms with E-state index in [0.29, 0.717) is 31.2 Å². The van der Waals surface area contributed by atoms with Crippen molar-refractivity contribution in [2.75, 3.05) is 24.3 Å². The second-order valence-electron chi connectivity index (χ2n) is 4.32. The number of methoxy groups -OCH3 is 1. The van der Waals surface area contributed by atoms with E-state index in [1.807, 2.05) is 17.0 Å². The molecule has 0 spiro atoms. The number of nitrogen functional groups attached to an aromatic ring is 1. The topological polar surface area (TPSA) is 101 Å². The smallest absolute Gasteiger partial charge is 0.225 e. The Morgan fingerprint density at radius 1 is 1.43 bits per heavy atom. The lowest BCUT2D eigenvalue weighted by Crippen LogP contribution is -2.25. The predicted molar refractivity (Wildman–Crippen MR) is 78.5 cm³/mol. The first kappa shape index (κ1) is 14.5. The highest BCUT2D eigenvalue weighted by molar-refractivity contribution is 5.46. The molecule has 0 saturated carbocycles. The van der Waals surface area contributed by atoms with E-state index in [1.54, 1.807) is 18.5 Å². The van der Waals surface area contributed by atoms with Crippen LogP contribution in [0.15, 0.2) is 30.6 Å². The molecule has 0 aliphatic rings. The maximum Gasteiger partial charge on any atom is 0.225 e. The molecule has 0 unspecified atom stereocenters. The number of anilines is 2. The van der Waals surface area contributed by atoms with Crippen LogP contribution in [0.25, 0.3) is 0 Å². The van der Waals surface area contributed by atoms with Crippen molar-refractivity contribution in [2.24, 2.45) is 0 Å². The van der Waals surface area contributed by atoms with Gasteiger partial charge in [0.25, 0.3) is 0 Å². The number of ether oxygens (including phenoxy) is 1. The molecule has 2 aromatic rings. The molecule has 0 aromatic carbocycles. The summed E-state index contributed by atoms with van der Waals surface area (Å²) >= 11 is 0. The number of nitriles is 1. The molecule has 2 heterocycles. The van der Waals surface area contributed by atoms with Gasteiger partial charge in [-0.15, -0.1) is 0 Å². The number of hydrogen-bond acceptors (Lipinski definition) is 7. The van der Waals surface area contributed by atoms with E-state index in [2.05, 4.69) is 21.0 Å². The Bertz CT molecular complexity index is 625. The van der Waals surface area contributed by atoms with Crippen LogP contribution in [0.3, 0.4) is 0 Å². The molecule has 21 heavy (non-hydrogen) atoms. The summed E-state index contributed by atoms with van der Waals surface area (Å²) in [6, 6.07) is 7.67. The average molecular weight is 284 g/mol. The highest BCUT2D eigenvalue weighted by Crippen LogP contribution is 2.20. The van der Waals surface area contributed by atoms with Crippen molar-refractivity contribution in [3.8, 4) is 11.9 Å². The van der Waals surface area contributed by atoms with Crippen LogP contribution in [-0.2, 0) is 6.54 Å². The number of aromatic nitrogens is 3. The van der Waals surface area contributed by atoms with Crippen molar-refractivity contribution < 1.29 is 4.74 Å². The lowest BCUT2D eigenvalue weighted by atomic mass is 10.2. The summed E-state index contributed by atoms with van der Waals surface area (Å²) in [5.74, 6) is 1.15. The minimum atomic E-state index is 0.137. The van der Waals surface area contributed by atoms with Crippen LogP contribution in [0.1, 0.15) is 12.0 Å². The molecule has 0 radical (unpaired) electrons. The lowest BCUT2D eigenvalue weighted by molar-refractivity contribution is 0.397. The van der Waals surface area contributed by atoms with Gasteiger partial charge in [0.2, 0.25) is 11.8 Å². The summed E-state index contributed by atoms with van der Waals surface area (Å²) in [5.41, 5.74) is 6.71. The van der Waals surface area contributed by atoms with E-state index in [4.69, 9.17) is 15.7 Å². The summed E-state index contributed by atoms with van der Waals surface area (Å²) in [4.78, 5) is 14.2. The van der Waals surface area contributed by atoms with Gasteiger partial charge in [-0.25, -0.2) is 0 Å². The Morgan fingerprint density at radius 3 is 2.95 bits per heavy atom. The first-order chi connectivity index (χ1) is 10.2. The molecule has 0 atom stereocenters. The Morgan fingerprint density at radius 2 is 2.29 bits per heavy atom. The third-order valence-corrected chi connectivity index (χ3v) is 2.83. The highest BCUT2D eigenvalue weighted by Gasteiger charge is 2.12. The van der Waals surface area contributed by atoms with Gasteiger partial charge in [-0.1, -0.05) is 6.07 Å². The molecular formula is C14H16N6O. The summed E-state index contributed by atoms with van der Waals surface area (Å²) in [7, 11) is 1.52. The van der Waals surface area contributed by atoms with Gasteiger partial charge in [-0.05, 0) is 11.6 Å². The van der Waals surface area contributed by atoms with Crippen molar-refractivity contribution in [1.82, 2.24) is 15.0 Å². The molecule has 0 aliphatic carbocycles. The standard InChI is InChI=1S/C14H16N6O/c1-21-13-8-12(18-14(16)19-13)20(7-3-5-15)10-11-4-2-6-17-9-11/h2,4,6,8-9H,3,7,10H2,1H3,(H2,16,18,19). The van der Waals surface area contributed by atoms with Crippen molar-refractivity contribution in [3.05, 3.63) is 36.2 Å². The Kier molecular flexibility index (Phi) is 4.88. The van der Waals surface area contributed by atoms with Gasteiger partial charge in [0.15, 0.2) is 0 Å². The summed E-state index contributed by atoms with van der Waals surface area (Å²) in [6.45, 7) is 1.11. The van der Waals surface area contributed by atoms with Gasteiger partial charge in [-0.3, -0.25) is 4.98 Å². The number of nitrogens with two attached hydrogens (primary N) is 1. The van der Waals surface area contributed by atoms with Crippen LogP contribution in [-0.4, -0.2) is 28.6 Å². The van der Waals surface area contributed by atoms with E-state index < -0.39 is 0 Å². The maximum absolute atomic E-state index is 8.81. The van der Waals surface area contributed by atoms with Gasteiger partial charge < -0.3 is 15.4 Å². The zero-order chi connectivity index (χ0) is 15.1. The van der Waals surface area contributed by atoms with Crippen LogP contribution in [0.2, 0.25) is 0 Å². The van der Waals surface area contributed by atoms with Crippen molar-refractivity contribution >= 4 is 11.8 Å². The SMILES string of the molecule is COc1cc(N(CCC#N)Cc2cccnc2)nc(N)n1. The fourth-order valence-electron chi connectivity index (χ4n) is 1.87. The van der Waals surface area contributed by atoms with Crippen molar-refractivity contribution in [1.29, 1.82) is 5.26 Å². The minimum absolute atomic E-state index is 0.137. The highest BCUT2D eigenvalue weighted by atomic mass is 16.5. The van der Waals surface area contributed by atoms with E-state index in [0.717, 1.165) is 5.56 Å². The maximum atomic E-state index is 8.81. The molecule has 7 heteroatoms. The van der Waals surface area contributed by atoms with Gasteiger partial charge in [0.1, 0.15) is 5.82 Å². The summed E-state index contributed by atoms with van der Waals surface area (Å²) in [6.07, 6.45) is 3.88. The largest absolute Gasteiger partial charge is 0.481 e. The third kappa shape index (κ3) is 4.04. The number of nitrogens with zero attached hydrogens (tertiary/aromatic N) is 5. The molecule has 0 amide bonds. The zero-order valence-corrected chi connectivity index (χ0v) is 11.7. The average Bonchev–Trinajstić information content (AvgIpc) is 2.51. The second-order valence-corrected chi connectivity index (χ2v) is 4.32. The van der Waals surface area contributed by atoms with Gasteiger partial charge in [0, 0.05) is 31.5 Å². The Labute approximate surface area is 123 Å². The Hall–Kier alpha value is -2.88. The van der Waals surface area contributed by atoms with Crippen molar-refractivity contribution in [2.45, 2.75) is 13.0 Å². The third-order valence-electron chi connectivity index (χ3n) is 2.83. The van der Waals surface area contributed by atoms with Crippen LogP contribution in [0, 0.1) is 11.3 Å². The summed E-state index contributed by atoms with van der Waals surface area (Å²) in [5, 5.41) is 8.81. The van der Waals surface area contributed by atoms with Crippen LogP contribution in [0.4, 0.5) is 11.8 Å². The molecule has 0 bridgehead atoms. The molecule has 2 N–H and O–H groups in total. The van der Waals surface area contributed by atoms with Crippen molar-refractivity contribution in [3.63, 3.8) is 0 Å². The van der Waals surface area contributed by atoms with E-state index in [9.17, 15) is 0 Å². The normalized spacial score (nSPS) is 9.90. The van der Waals surface area contributed by atoms with Gasteiger partial charge in [0.05, 0.1) is 19.6 Å². The molecule has 2 aromatic heterocycles. The minimum Gasteiger partial charge on any atom is -0.481 e. The predicted octanol–water partition coefficient (Wildman–Crippen LogP) is 1.38. The first-order valence-electron chi connectivity index (χ1n) is 6.42. The Balaban J connectivity index is 2.27. The quantitative estimate of drug-likeness (QED) is 0.855. The lowest BCUT2D eigenvalue weighted by Gasteiger charge is -2.23. The molecule has 0 fully saturated rings. The molecular weight excluding hydrogens is 268 g/mol. The fourth-order valence-corrected chi connectivity index (χ4v) is 1.87. The van der Waals surface area contributed by atoms with E-state index >= 15 is 0 Å². The molecule has 2 rings (SSSR count). The van der Waals surface area contributed by atoms with E-state index in [-0.39, 0.29) is 5.95 Å². The monoisotopic (exact) mass is 284 g/mol. The molecule has 0 aliphatic heterocycles. The van der Waals surface area contributed by atoms with Crippen LogP contribution in [0.5, 0.6) is 5.88 Å². The fraction of sp³-hybridized carbons (Fsp3) is 0.286. The first-order valence-corrected chi connectivity index (χ1v) is 6.42. The van der Waals surface area contributed by atoms with Gasteiger partial charge >= 0.3 is 0 Å². The summed E-state index contributed by atoms with van der Waals surface area (Å²) < 4.78 is 5.11. The molecule has 7 nitrogen and oxygen atoms in total. The number of hydrogen-bond donors (Lipinski definition) is 1. The van der Waals surface area contributed by atoms with Gasteiger partial charge in [-0.2, -0.15) is 15.2 Å². The molecule has 0 saturated heterocycles. The number of pyridine rings is 1. The van der Waals surface area contributed by atoms with E-state index in [1.165, 1.54) is 7.11 Å². The second kappa shape index (κ2) is 7.05. The zero-order valence-electron chi connectivity index (χ0n) is 11.7. The number of rotatable bonds is 6. The van der Waals surface area contributed by atoms with Crippen LogP contribution >= 0.6 is 0 Å².